The molecule has 1 aromatic carbocycles. The van der Waals surface area contributed by atoms with Crippen LogP contribution in [0.3, 0.4) is 0 Å². The van der Waals surface area contributed by atoms with Crippen molar-refractivity contribution in [3.05, 3.63) is 54.1 Å². The maximum atomic E-state index is 13.0. The van der Waals surface area contributed by atoms with Crippen molar-refractivity contribution in [2.45, 2.75) is 12.4 Å². The molecule has 0 spiro atoms. The maximum Gasteiger partial charge on any atom is 0.433 e. The second kappa shape index (κ2) is 6.64. The maximum absolute atomic E-state index is 13.0. The molecule has 3 heterocycles. The van der Waals surface area contributed by atoms with Crippen molar-refractivity contribution in [3.63, 3.8) is 0 Å². The third kappa shape index (κ3) is 3.38. The molecule has 0 aliphatic heterocycles. The lowest BCUT2D eigenvalue weighted by Crippen LogP contribution is -2.11. The van der Waals surface area contributed by atoms with E-state index in [9.17, 15) is 26.3 Å². The van der Waals surface area contributed by atoms with Crippen molar-refractivity contribution in [2.24, 2.45) is 0 Å². The van der Waals surface area contributed by atoms with Crippen molar-refractivity contribution < 1.29 is 26.3 Å². The summed E-state index contributed by atoms with van der Waals surface area (Å²) < 4.78 is 78.3. The van der Waals surface area contributed by atoms with Crippen molar-refractivity contribution >= 4 is 10.9 Å². The Morgan fingerprint density at radius 3 is 1.93 bits per heavy atom. The first-order chi connectivity index (χ1) is 14.1. The number of alkyl halides is 6. The zero-order chi connectivity index (χ0) is 21.7. The average molecular weight is 425 g/mol. The summed E-state index contributed by atoms with van der Waals surface area (Å²) in [5.41, 5.74) is -2.26. The quantitative estimate of drug-likeness (QED) is 0.389. The fourth-order valence-corrected chi connectivity index (χ4v) is 2.81. The van der Waals surface area contributed by atoms with Gasteiger partial charge in [0.25, 0.3) is 0 Å². The Bertz CT molecular complexity index is 1250. The number of nitrogens with zero attached hydrogens (tertiary/aromatic N) is 6. The van der Waals surface area contributed by atoms with E-state index in [2.05, 4.69) is 25.0 Å². The molecular weight excluding hydrogens is 416 g/mol. The van der Waals surface area contributed by atoms with Gasteiger partial charge >= 0.3 is 12.4 Å². The van der Waals surface area contributed by atoms with Crippen LogP contribution in [0.4, 0.5) is 26.3 Å². The molecular formula is C17H9F6N7. The minimum Gasteiger partial charge on any atom is -0.323 e. The molecule has 4 rings (SSSR count). The van der Waals surface area contributed by atoms with E-state index < -0.39 is 29.6 Å². The van der Waals surface area contributed by atoms with Crippen LogP contribution < -0.4 is 5.84 Å². The molecule has 7 nitrogen and oxygen atoms in total. The number of hydrogen-bond acceptors (Lipinski definition) is 6. The Kier molecular flexibility index (Phi) is 4.33. The van der Waals surface area contributed by atoms with Gasteiger partial charge in [-0.25, -0.2) is 19.9 Å². The van der Waals surface area contributed by atoms with Gasteiger partial charge in [0.2, 0.25) is 0 Å². The van der Waals surface area contributed by atoms with Crippen LogP contribution in [0, 0.1) is 0 Å². The summed E-state index contributed by atoms with van der Waals surface area (Å²) in [4.78, 5) is 15.6. The van der Waals surface area contributed by atoms with Gasteiger partial charge in [-0.2, -0.15) is 31.1 Å². The van der Waals surface area contributed by atoms with Crippen molar-refractivity contribution in [3.8, 4) is 22.9 Å². The van der Waals surface area contributed by atoms with Gasteiger partial charge < -0.3 is 5.84 Å². The molecule has 2 N–H and O–H groups in total. The predicted octanol–water partition coefficient (Wildman–Crippen LogP) is 3.70. The molecule has 0 saturated heterocycles. The average Bonchev–Trinajstić information content (AvgIpc) is 3.04. The largest absolute Gasteiger partial charge is 0.433 e. The molecule has 0 unspecified atom stereocenters. The van der Waals surface area contributed by atoms with Gasteiger partial charge in [-0.15, -0.1) is 5.10 Å². The Morgan fingerprint density at radius 1 is 0.767 bits per heavy atom. The number of halogens is 6. The monoisotopic (exact) mass is 425 g/mol. The first-order valence-corrected chi connectivity index (χ1v) is 8.14. The van der Waals surface area contributed by atoms with Gasteiger partial charge in [-0.3, -0.25) is 0 Å². The summed E-state index contributed by atoms with van der Waals surface area (Å²) in [5, 5.41) is 4.07. The smallest absolute Gasteiger partial charge is 0.323 e. The molecule has 0 bridgehead atoms. The molecule has 0 aliphatic carbocycles. The summed E-state index contributed by atoms with van der Waals surface area (Å²) >= 11 is 0. The normalized spacial score (nSPS) is 12.5. The van der Waals surface area contributed by atoms with E-state index in [0.29, 0.717) is 12.1 Å². The molecule has 30 heavy (non-hydrogen) atoms. The molecule has 0 amide bonds. The third-order valence-corrected chi connectivity index (χ3v) is 4.08. The molecule has 4 aromatic rings. The highest BCUT2D eigenvalue weighted by Crippen LogP contribution is 2.35. The lowest BCUT2D eigenvalue weighted by atomic mass is 10.1. The molecule has 0 saturated carbocycles. The summed E-state index contributed by atoms with van der Waals surface area (Å²) in [6.45, 7) is 0. The number of nitrogens with two attached hydrogens (primary N) is 1. The van der Waals surface area contributed by atoms with Crippen LogP contribution in [-0.2, 0) is 12.4 Å². The Labute approximate surface area is 163 Å². The van der Waals surface area contributed by atoms with Crippen LogP contribution in [0.5, 0.6) is 0 Å². The molecule has 0 fully saturated rings. The number of aromatic nitrogens is 6. The fraction of sp³-hybridized carbons (Fsp3) is 0.118. The lowest BCUT2D eigenvalue weighted by Gasteiger charge is -2.09. The Balaban J connectivity index is 1.98. The van der Waals surface area contributed by atoms with Crippen LogP contribution in [0.15, 0.2) is 42.7 Å². The van der Waals surface area contributed by atoms with Crippen molar-refractivity contribution in [1.82, 2.24) is 29.8 Å². The van der Waals surface area contributed by atoms with Gasteiger partial charge in [0.1, 0.15) is 17.1 Å². The highest BCUT2D eigenvalue weighted by molar-refractivity contribution is 6.02. The highest BCUT2D eigenvalue weighted by atomic mass is 19.4. The van der Waals surface area contributed by atoms with Gasteiger partial charge in [0, 0.05) is 23.3 Å². The Morgan fingerprint density at radius 2 is 1.33 bits per heavy atom. The van der Waals surface area contributed by atoms with E-state index in [1.807, 2.05) is 0 Å². The van der Waals surface area contributed by atoms with E-state index in [-0.39, 0.29) is 28.0 Å². The Hall–Kier alpha value is -3.77. The van der Waals surface area contributed by atoms with Crippen molar-refractivity contribution in [1.29, 1.82) is 0 Å². The number of fused-ring (bicyclic) bond motifs is 1. The summed E-state index contributed by atoms with van der Waals surface area (Å²) in [6.07, 6.45) is -7.62. The zero-order valence-electron chi connectivity index (χ0n) is 14.6. The topological polar surface area (TPSA) is 95.4 Å². The first-order valence-electron chi connectivity index (χ1n) is 8.14. The van der Waals surface area contributed by atoms with Crippen LogP contribution in [0.1, 0.15) is 11.4 Å². The van der Waals surface area contributed by atoms with Crippen LogP contribution in [0.2, 0.25) is 0 Å². The predicted molar refractivity (Wildman–Crippen MR) is 91.9 cm³/mol. The van der Waals surface area contributed by atoms with Gasteiger partial charge in [0.15, 0.2) is 11.6 Å². The van der Waals surface area contributed by atoms with E-state index in [4.69, 9.17) is 5.84 Å². The van der Waals surface area contributed by atoms with E-state index in [0.717, 1.165) is 17.2 Å². The van der Waals surface area contributed by atoms with Gasteiger partial charge in [0.05, 0.1) is 5.52 Å². The second-order valence-electron chi connectivity index (χ2n) is 6.02. The summed E-state index contributed by atoms with van der Waals surface area (Å²) in [7, 11) is 0. The van der Waals surface area contributed by atoms with Crippen molar-refractivity contribution in [2.75, 3.05) is 5.84 Å². The zero-order valence-corrected chi connectivity index (χ0v) is 14.6. The van der Waals surface area contributed by atoms with Crippen LogP contribution in [0.25, 0.3) is 33.8 Å². The van der Waals surface area contributed by atoms with E-state index in [1.54, 1.807) is 0 Å². The fourth-order valence-electron chi connectivity index (χ4n) is 2.81. The first kappa shape index (κ1) is 19.5. The third-order valence-electron chi connectivity index (χ3n) is 4.08. The molecule has 3 aromatic heterocycles. The molecule has 154 valence electrons. The molecule has 13 heteroatoms. The number of rotatable bonds is 2. The second-order valence-corrected chi connectivity index (χ2v) is 6.02. The number of nitrogen functional groups attached to an aromatic ring is 1. The SMILES string of the molecule is Nn1nc(-c2nccc(C(F)(F)F)n2)c2c(-c3nccc(C(F)(F)F)n3)cccc21. The van der Waals surface area contributed by atoms with Gasteiger partial charge in [-0.05, 0) is 18.2 Å². The minimum absolute atomic E-state index is 0.0753. The van der Waals surface area contributed by atoms with E-state index >= 15 is 0 Å². The minimum atomic E-state index is -4.73. The molecule has 0 aliphatic rings. The lowest BCUT2D eigenvalue weighted by molar-refractivity contribution is -0.141. The number of hydrogen-bond donors (Lipinski definition) is 1. The number of benzene rings is 1. The molecule has 0 atom stereocenters. The summed E-state index contributed by atoms with van der Waals surface area (Å²) in [6, 6.07) is 5.74. The highest BCUT2D eigenvalue weighted by Gasteiger charge is 2.34. The van der Waals surface area contributed by atoms with Crippen LogP contribution >= 0.6 is 0 Å². The van der Waals surface area contributed by atoms with Gasteiger partial charge in [-0.1, -0.05) is 12.1 Å². The standard InChI is InChI=1S/C17H9F6N7/c18-16(19,20)10-4-6-25-14(27-10)8-2-1-3-9-12(8)13(29-30(9)24)15-26-7-5-11(28-15)17(21,22)23/h1-7H,24H2. The summed E-state index contributed by atoms with van der Waals surface area (Å²) in [5.74, 6) is 5.08. The van der Waals surface area contributed by atoms with Crippen LogP contribution in [-0.4, -0.2) is 29.8 Å². The molecule has 0 radical (unpaired) electrons. The van der Waals surface area contributed by atoms with E-state index in [1.165, 1.54) is 18.2 Å².